The molecule has 4 N–H and O–H groups in total. The van der Waals surface area contributed by atoms with Crippen molar-refractivity contribution in [2.24, 2.45) is 0 Å². The van der Waals surface area contributed by atoms with Crippen molar-refractivity contribution in [3.8, 4) is 0 Å². The SMILES string of the molecule is C=CC(=O)N1CCC[C@@]1(C)C(=O)N[C@@H](Cc1ccccc1)C(=O)N[C@@H](CCC(=O)NC)C(=O)O. The molecular formula is C24H32N4O6. The van der Waals surface area contributed by atoms with Crippen LogP contribution in [0.25, 0.3) is 0 Å². The summed E-state index contributed by atoms with van der Waals surface area (Å²) in [5.41, 5.74) is -0.401. The predicted molar refractivity (Wildman–Crippen MR) is 124 cm³/mol. The second-order valence-corrected chi connectivity index (χ2v) is 8.40. The van der Waals surface area contributed by atoms with Crippen molar-refractivity contribution < 1.29 is 29.1 Å². The lowest BCUT2D eigenvalue weighted by atomic mass is 9.95. The summed E-state index contributed by atoms with van der Waals surface area (Å²) >= 11 is 0. The zero-order valence-corrected chi connectivity index (χ0v) is 19.5. The molecule has 1 aliphatic heterocycles. The summed E-state index contributed by atoms with van der Waals surface area (Å²) in [6.45, 7) is 5.52. The first-order chi connectivity index (χ1) is 16.1. The molecule has 4 amide bonds. The molecule has 0 bridgehead atoms. The Morgan fingerprint density at radius 3 is 2.41 bits per heavy atom. The summed E-state index contributed by atoms with van der Waals surface area (Å²) in [7, 11) is 1.44. The molecule has 1 saturated heterocycles. The van der Waals surface area contributed by atoms with Crippen LogP contribution in [-0.4, -0.2) is 70.8 Å². The molecule has 0 spiro atoms. The normalized spacial score (nSPS) is 18.9. The van der Waals surface area contributed by atoms with E-state index in [0.717, 1.165) is 11.6 Å². The molecule has 1 heterocycles. The molecule has 1 aromatic carbocycles. The van der Waals surface area contributed by atoms with Crippen LogP contribution < -0.4 is 16.0 Å². The number of nitrogens with zero attached hydrogens (tertiary/aromatic N) is 1. The molecule has 1 fully saturated rings. The van der Waals surface area contributed by atoms with Crippen molar-refractivity contribution in [3.05, 3.63) is 48.6 Å². The van der Waals surface area contributed by atoms with E-state index in [1.807, 2.05) is 6.07 Å². The zero-order valence-electron chi connectivity index (χ0n) is 19.5. The lowest BCUT2D eigenvalue weighted by molar-refractivity contribution is -0.144. The van der Waals surface area contributed by atoms with E-state index in [1.165, 1.54) is 11.9 Å². The van der Waals surface area contributed by atoms with Crippen molar-refractivity contribution in [1.82, 2.24) is 20.9 Å². The summed E-state index contributed by atoms with van der Waals surface area (Å²) < 4.78 is 0. The summed E-state index contributed by atoms with van der Waals surface area (Å²) in [5, 5.41) is 17.1. The molecule has 10 nitrogen and oxygen atoms in total. The van der Waals surface area contributed by atoms with Crippen LogP contribution in [0.2, 0.25) is 0 Å². The van der Waals surface area contributed by atoms with Gasteiger partial charge in [0, 0.05) is 26.4 Å². The van der Waals surface area contributed by atoms with E-state index >= 15 is 0 Å². The number of carbonyl (C=O) groups is 5. The van der Waals surface area contributed by atoms with Gasteiger partial charge in [0.1, 0.15) is 17.6 Å². The van der Waals surface area contributed by atoms with Gasteiger partial charge in [0.05, 0.1) is 0 Å². The van der Waals surface area contributed by atoms with Gasteiger partial charge < -0.3 is 26.0 Å². The number of carboxylic acid groups (broad SMARTS) is 1. The molecule has 0 radical (unpaired) electrons. The van der Waals surface area contributed by atoms with Gasteiger partial charge >= 0.3 is 5.97 Å². The fraction of sp³-hybridized carbons (Fsp3) is 0.458. The lowest BCUT2D eigenvalue weighted by Crippen LogP contribution is -2.60. The Morgan fingerprint density at radius 1 is 1.15 bits per heavy atom. The Balaban J connectivity index is 2.23. The first kappa shape index (κ1) is 26.6. The second kappa shape index (κ2) is 12.0. The molecular weight excluding hydrogens is 440 g/mol. The molecule has 0 unspecified atom stereocenters. The predicted octanol–water partition coefficient (Wildman–Crippen LogP) is 0.377. The molecule has 2 rings (SSSR count). The van der Waals surface area contributed by atoms with Crippen LogP contribution in [0.1, 0.15) is 38.2 Å². The van der Waals surface area contributed by atoms with Crippen molar-refractivity contribution in [1.29, 1.82) is 0 Å². The van der Waals surface area contributed by atoms with Crippen LogP contribution in [0, 0.1) is 0 Å². The fourth-order valence-electron chi connectivity index (χ4n) is 3.97. The van der Waals surface area contributed by atoms with Crippen molar-refractivity contribution in [3.63, 3.8) is 0 Å². The minimum absolute atomic E-state index is 0.0832. The summed E-state index contributed by atoms with van der Waals surface area (Å²) in [6, 6.07) is 6.58. The van der Waals surface area contributed by atoms with Crippen LogP contribution in [0.4, 0.5) is 0 Å². The molecule has 1 aliphatic rings. The minimum Gasteiger partial charge on any atom is -0.480 e. The first-order valence-corrected chi connectivity index (χ1v) is 11.1. The van der Waals surface area contributed by atoms with Gasteiger partial charge in [0.15, 0.2) is 0 Å². The van der Waals surface area contributed by atoms with Gasteiger partial charge in [-0.15, -0.1) is 0 Å². The van der Waals surface area contributed by atoms with E-state index in [2.05, 4.69) is 22.5 Å². The van der Waals surface area contributed by atoms with Crippen molar-refractivity contribution in [2.75, 3.05) is 13.6 Å². The summed E-state index contributed by atoms with van der Waals surface area (Å²) in [4.78, 5) is 63.3. The molecule has 3 atom stereocenters. The Hall–Kier alpha value is -3.69. The lowest BCUT2D eigenvalue weighted by Gasteiger charge is -2.34. The second-order valence-electron chi connectivity index (χ2n) is 8.40. The third kappa shape index (κ3) is 6.66. The van der Waals surface area contributed by atoms with Gasteiger partial charge in [0.2, 0.25) is 23.6 Å². The Bertz CT molecular complexity index is 935. The number of amides is 4. The summed E-state index contributed by atoms with van der Waals surface area (Å²) in [5.74, 6) is -3.21. The van der Waals surface area contributed by atoms with Crippen LogP contribution in [0.5, 0.6) is 0 Å². The number of benzene rings is 1. The number of rotatable bonds is 11. The number of hydrogen-bond donors (Lipinski definition) is 4. The van der Waals surface area contributed by atoms with Gasteiger partial charge in [0.25, 0.3) is 0 Å². The van der Waals surface area contributed by atoms with Gasteiger partial charge in [-0.2, -0.15) is 0 Å². The van der Waals surface area contributed by atoms with E-state index in [4.69, 9.17) is 0 Å². The zero-order chi connectivity index (χ0) is 25.3. The first-order valence-electron chi connectivity index (χ1n) is 11.1. The van der Waals surface area contributed by atoms with Crippen LogP contribution in [-0.2, 0) is 30.4 Å². The highest BCUT2D eigenvalue weighted by Gasteiger charge is 2.46. The van der Waals surface area contributed by atoms with Gasteiger partial charge in [-0.3, -0.25) is 19.2 Å². The Labute approximate surface area is 198 Å². The highest BCUT2D eigenvalue weighted by molar-refractivity contribution is 5.98. The van der Waals surface area contributed by atoms with Crippen LogP contribution in [0.15, 0.2) is 43.0 Å². The molecule has 0 aromatic heterocycles. The standard InChI is InChI=1S/C24H32N4O6/c1-4-20(30)28-14-8-13-24(28,2)23(34)27-18(15-16-9-6-5-7-10-16)21(31)26-17(22(32)33)11-12-19(29)25-3/h4-7,9-10,17-18H,1,8,11-15H2,2-3H3,(H,25,29)(H,26,31)(H,27,34)(H,32,33)/t17-,18-,24-/m0/s1. The number of carbonyl (C=O) groups excluding carboxylic acids is 4. The van der Waals surface area contributed by atoms with Crippen molar-refractivity contribution >= 4 is 29.6 Å². The van der Waals surface area contributed by atoms with Gasteiger partial charge in [-0.1, -0.05) is 36.9 Å². The van der Waals surface area contributed by atoms with E-state index in [1.54, 1.807) is 31.2 Å². The largest absolute Gasteiger partial charge is 0.480 e. The number of carboxylic acids is 1. The summed E-state index contributed by atoms with van der Waals surface area (Å²) in [6.07, 6.45) is 2.12. The topological polar surface area (TPSA) is 145 Å². The monoisotopic (exact) mass is 472 g/mol. The highest BCUT2D eigenvalue weighted by Crippen LogP contribution is 2.29. The van der Waals surface area contributed by atoms with E-state index in [-0.39, 0.29) is 31.1 Å². The molecule has 0 aliphatic carbocycles. The van der Waals surface area contributed by atoms with Crippen LogP contribution >= 0.6 is 0 Å². The smallest absolute Gasteiger partial charge is 0.326 e. The van der Waals surface area contributed by atoms with E-state index in [9.17, 15) is 29.1 Å². The molecule has 10 heteroatoms. The average molecular weight is 473 g/mol. The van der Waals surface area contributed by atoms with Crippen LogP contribution in [0.3, 0.4) is 0 Å². The molecule has 1 aromatic rings. The number of aliphatic carboxylic acids is 1. The Kier molecular flexibility index (Phi) is 9.35. The maximum atomic E-state index is 13.3. The fourth-order valence-corrected chi connectivity index (χ4v) is 3.97. The molecule has 34 heavy (non-hydrogen) atoms. The average Bonchev–Trinajstić information content (AvgIpc) is 3.23. The van der Waals surface area contributed by atoms with Gasteiger partial charge in [-0.05, 0) is 37.8 Å². The number of likely N-dealkylation sites (tertiary alicyclic amines) is 1. The maximum Gasteiger partial charge on any atom is 0.326 e. The van der Waals surface area contributed by atoms with Gasteiger partial charge in [-0.25, -0.2) is 4.79 Å². The minimum atomic E-state index is -1.30. The Morgan fingerprint density at radius 2 is 1.82 bits per heavy atom. The quantitative estimate of drug-likeness (QED) is 0.343. The molecule has 184 valence electrons. The number of nitrogens with one attached hydrogen (secondary N) is 3. The van der Waals surface area contributed by atoms with E-state index in [0.29, 0.717) is 19.4 Å². The number of hydrogen-bond acceptors (Lipinski definition) is 5. The van der Waals surface area contributed by atoms with E-state index < -0.39 is 35.4 Å². The highest BCUT2D eigenvalue weighted by atomic mass is 16.4. The third-order valence-corrected chi connectivity index (χ3v) is 6.03. The maximum absolute atomic E-state index is 13.3. The molecule has 0 saturated carbocycles. The van der Waals surface area contributed by atoms with Crippen molar-refractivity contribution in [2.45, 2.75) is 56.7 Å². The third-order valence-electron chi connectivity index (χ3n) is 6.03.